The Bertz CT molecular complexity index is 3960. The molecule has 0 atom stereocenters. The van der Waals surface area contributed by atoms with Gasteiger partial charge in [-0.3, -0.25) is 0 Å². The molecule has 0 saturated heterocycles. The van der Waals surface area contributed by atoms with Crippen molar-refractivity contribution in [2.75, 3.05) is 0 Å². The molecule has 72 heavy (non-hydrogen) atoms. The summed E-state index contributed by atoms with van der Waals surface area (Å²) < 4.78 is 4.90. The van der Waals surface area contributed by atoms with E-state index >= 15 is 0 Å². The summed E-state index contributed by atoms with van der Waals surface area (Å²) in [5.41, 5.74) is 21.4. The summed E-state index contributed by atoms with van der Waals surface area (Å²) in [6, 6.07) is 102. The quantitative estimate of drug-likeness (QED) is 0.144. The second kappa shape index (κ2) is 17.2. The van der Waals surface area contributed by atoms with Crippen LogP contribution >= 0.6 is 0 Å². The minimum absolute atomic E-state index is 1.14. The Morgan fingerprint density at radius 2 is 0.528 bits per heavy atom. The zero-order valence-electron chi connectivity index (χ0n) is 39.5. The summed E-state index contributed by atoms with van der Waals surface area (Å²) in [7, 11) is 0. The van der Waals surface area contributed by atoms with Gasteiger partial charge in [-0.25, -0.2) is 0 Å². The van der Waals surface area contributed by atoms with Gasteiger partial charge in [0.15, 0.2) is 0 Å². The van der Waals surface area contributed by atoms with Gasteiger partial charge < -0.3 is 9.13 Å². The first-order valence-corrected chi connectivity index (χ1v) is 24.8. The maximum Gasteiger partial charge on any atom is 0.0541 e. The highest BCUT2D eigenvalue weighted by Gasteiger charge is 2.20. The predicted octanol–water partition coefficient (Wildman–Crippen LogP) is 19.0. The average molecular weight is 915 g/mol. The fraction of sp³-hybridized carbons (Fsp3) is 0. The number of hydrogen-bond donors (Lipinski definition) is 0. The average Bonchev–Trinajstić information content (AvgIpc) is 3.98. The van der Waals surface area contributed by atoms with Crippen molar-refractivity contribution in [3.8, 4) is 78.1 Å². The number of aromatic nitrogens is 2. The molecule has 0 saturated carbocycles. The molecule has 0 amide bonds. The van der Waals surface area contributed by atoms with E-state index in [1.54, 1.807) is 0 Å². The molecule has 2 nitrogen and oxygen atoms in total. The van der Waals surface area contributed by atoms with Crippen molar-refractivity contribution in [2.45, 2.75) is 0 Å². The SMILES string of the molecule is c1ccc(-c2cc(-c3ccccc3)cc(-n3c4ccccc4c4cc(-c5cccc6cccc(-c7ccc8c(c7)c7ccccc7n8-c7cc(-c8ccccc8)cc(-c8ccccc8)c7)c56)ccc43)c2)cc1. The highest BCUT2D eigenvalue weighted by Crippen LogP contribution is 2.43. The maximum absolute atomic E-state index is 2.45. The van der Waals surface area contributed by atoms with Gasteiger partial charge in [0.2, 0.25) is 0 Å². The first-order chi connectivity index (χ1) is 35.7. The number of rotatable bonds is 8. The zero-order chi connectivity index (χ0) is 47.5. The number of nitrogens with zero attached hydrogens (tertiary/aromatic N) is 2. The van der Waals surface area contributed by atoms with E-state index < -0.39 is 0 Å². The van der Waals surface area contributed by atoms with E-state index in [1.807, 2.05) is 0 Å². The molecule has 0 bridgehead atoms. The number of benzene rings is 12. The molecular weight excluding hydrogens is 869 g/mol. The van der Waals surface area contributed by atoms with E-state index in [2.05, 4.69) is 288 Å². The summed E-state index contributed by atoms with van der Waals surface area (Å²) in [4.78, 5) is 0. The first kappa shape index (κ1) is 41.5. The van der Waals surface area contributed by atoms with Crippen molar-refractivity contribution in [2.24, 2.45) is 0 Å². The number of fused-ring (bicyclic) bond motifs is 7. The van der Waals surface area contributed by atoms with E-state index in [0.717, 1.165) is 11.4 Å². The summed E-state index contributed by atoms with van der Waals surface area (Å²) in [5.74, 6) is 0. The van der Waals surface area contributed by atoms with Crippen LogP contribution in [0.15, 0.2) is 279 Å². The fourth-order valence-electron chi connectivity index (χ4n) is 11.3. The van der Waals surface area contributed by atoms with Crippen molar-refractivity contribution in [1.29, 1.82) is 0 Å². The molecule has 0 N–H and O–H groups in total. The van der Waals surface area contributed by atoms with E-state index in [4.69, 9.17) is 0 Å². The molecule has 0 unspecified atom stereocenters. The molecule has 14 aromatic rings. The molecule has 12 aromatic carbocycles. The summed E-state index contributed by atoms with van der Waals surface area (Å²) in [6.07, 6.45) is 0. The molecule has 0 spiro atoms. The molecule has 0 aliphatic carbocycles. The van der Waals surface area contributed by atoms with Crippen LogP contribution in [-0.4, -0.2) is 9.13 Å². The largest absolute Gasteiger partial charge is 0.309 e. The predicted molar refractivity (Wildman–Crippen MR) is 305 cm³/mol. The van der Waals surface area contributed by atoms with Gasteiger partial charge in [-0.1, -0.05) is 206 Å². The minimum Gasteiger partial charge on any atom is -0.309 e. The summed E-state index contributed by atoms with van der Waals surface area (Å²) in [6.45, 7) is 0. The van der Waals surface area contributed by atoms with Crippen LogP contribution in [0.4, 0.5) is 0 Å². The van der Waals surface area contributed by atoms with Crippen molar-refractivity contribution in [3.63, 3.8) is 0 Å². The van der Waals surface area contributed by atoms with Gasteiger partial charge in [-0.2, -0.15) is 0 Å². The maximum atomic E-state index is 2.45. The van der Waals surface area contributed by atoms with Gasteiger partial charge in [0.1, 0.15) is 0 Å². The van der Waals surface area contributed by atoms with Gasteiger partial charge in [-0.15, -0.1) is 0 Å². The van der Waals surface area contributed by atoms with Crippen LogP contribution in [-0.2, 0) is 0 Å². The third-order valence-electron chi connectivity index (χ3n) is 14.7. The Kier molecular flexibility index (Phi) is 9.89. The van der Waals surface area contributed by atoms with Crippen LogP contribution in [0.3, 0.4) is 0 Å². The Morgan fingerprint density at radius 3 is 0.903 bits per heavy atom. The first-order valence-electron chi connectivity index (χ1n) is 24.8. The van der Waals surface area contributed by atoms with Crippen molar-refractivity contribution >= 4 is 54.4 Å². The molecular formula is C70H46N2. The molecule has 2 heteroatoms. The lowest BCUT2D eigenvalue weighted by Gasteiger charge is -2.15. The smallest absolute Gasteiger partial charge is 0.0541 e. The van der Waals surface area contributed by atoms with Crippen LogP contribution in [0.2, 0.25) is 0 Å². The molecule has 14 rings (SSSR count). The topological polar surface area (TPSA) is 9.86 Å². The van der Waals surface area contributed by atoms with Gasteiger partial charge in [0, 0.05) is 32.9 Å². The van der Waals surface area contributed by atoms with Gasteiger partial charge in [-0.05, 0) is 150 Å². The van der Waals surface area contributed by atoms with Crippen LogP contribution in [0.5, 0.6) is 0 Å². The highest BCUT2D eigenvalue weighted by molar-refractivity contribution is 6.15. The van der Waals surface area contributed by atoms with Gasteiger partial charge in [0.25, 0.3) is 0 Å². The lowest BCUT2D eigenvalue weighted by molar-refractivity contribution is 1.18. The van der Waals surface area contributed by atoms with Crippen LogP contribution in [0.1, 0.15) is 0 Å². The standard InChI is InChI=1S/C70H46N2/c1-5-19-47(20-6-1)54-39-55(48-21-7-2-8-22-48)42-58(41-54)71-66-33-15-13-29-62(66)64-45-52(35-37-68(64)71)60-31-17-27-51-28-18-32-61(70(51)60)53-36-38-69-65(46-53)63-30-14-16-34-67(63)72(69)59-43-56(49-23-9-3-10-24-49)40-57(44-59)50-25-11-4-12-26-50/h1-46H. The minimum atomic E-state index is 1.14. The monoisotopic (exact) mass is 914 g/mol. The molecule has 336 valence electrons. The van der Waals surface area contributed by atoms with Crippen molar-refractivity contribution < 1.29 is 0 Å². The van der Waals surface area contributed by atoms with Gasteiger partial charge >= 0.3 is 0 Å². The zero-order valence-corrected chi connectivity index (χ0v) is 39.5. The Morgan fingerprint density at radius 1 is 0.194 bits per heavy atom. The molecule has 0 aliphatic heterocycles. The Balaban J connectivity index is 0.929. The molecule has 0 aliphatic rings. The van der Waals surface area contributed by atoms with E-state index in [1.165, 1.54) is 121 Å². The van der Waals surface area contributed by atoms with E-state index in [9.17, 15) is 0 Å². The van der Waals surface area contributed by atoms with E-state index in [0.29, 0.717) is 0 Å². The number of hydrogen-bond acceptors (Lipinski definition) is 0. The van der Waals surface area contributed by atoms with Crippen molar-refractivity contribution in [1.82, 2.24) is 9.13 Å². The molecule has 0 radical (unpaired) electrons. The summed E-state index contributed by atoms with van der Waals surface area (Å²) in [5, 5.41) is 7.38. The van der Waals surface area contributed by atoms with Crippen LogP contribution in [0.25, 0.3) is 133 Å². The molecule has 2 heterocycles. The van der Waals surface area contributed by atoms with Crippen molar-refractivity contribution in [3.05, 3.63) is 279 Å². The Labute approximate surface area is 418 Å². The van der Waals surface area contributed by atoms with Gasteiger partial charge in [0.05, 0.1) is 22.1 Å². The lowest BCUT2D eigenvalue weighted by atomic mass is 9.90. The highest BCUT2D eigenvalue weighted by atomic mass is 15.0. The fourth-order valence-corrected chi connectivity index (χ4v) is 11.3. The number of para-hydroxylation sites is 2. The van der Waals surface area contributed by atoms with Crippen LogP contribution in [0, 0.1) is 0 Å². The second-order valence-electron chi connectivity index (χ2n) is 18.9. The van der Waals surface area contributed by atoms with Crippen LogP contribution < -0.4 is 0 Å². The normalized spacial score (nSPS) is 11.6. The molecule has 2 aromatic heterocycles. The third-order valence-corrected chi connectivity index (χ3v) is 14.7. The summed E-state index contributed by atoms with van der Waals surface area (Å²) >= 11 is 0. The Hall–Kier alpha value is -9.50. The van der Waals surface area contributed by atoms with E-state index in [-0.39, 0.29) is 0 Å². The molecule has 0 fully saturated rings. The third kappa shape index (κ3) is 7.03. The second-order valence-corrected chi connectivity index (χ2v) is 18.9. The lowest BCUT2D eigenvalue weighted by Crippen LogP contribution is -1.96.